The molecule has 19 heteroatoms. The Kier molecular flexibility index (Phi) is 64.3. The number of aliphatic hydroxyl groups excluding tert-OH is 1. The van der Waals surface area contributed by atoms with Crippen LogP contribution in [0.3, 0.4) is 0 Å². The molecular weight excluding hydrogens is 1230 g/mol. The van der Waals surface area contributed by atoms with Crippen molar-refractivity contribution in [3.8, 4) is 0 Å². The first-order valence-corrected chi connectivity index (χ1v) is 41.8. The van der Waals surface area contributed by atoms with E-state index in [0.717, 1.165) is 114 Å². The fourth-order valence-electron chi connectivity index (χ4n) is 11.4. The second-order valence-electron chi connectivity index (χ2n) is 28.5. The second-order valence-corrected chi connectivity index (χ2v) is 31.4. The smallest absolute Gasteiger partial charge is 0.462 e. The fourth-order valence-corrected chi connectivity index (χ4v) is 13.0. The van der Waals surface area contributed by atoms with Crippen molar-refractivity contribution in [2.24, 2.45) is 17.8 Å². The molecule has 94 heavy (non-hydrogen) atoms. The lowest BCUT2D eigenvalue weighted by molar-refractivity contribution is -0.161. The minimum absolute atomic E-state index is 0.104. The van der Waals surface area contributed by atoms with Gasteiger partial charge in [-0.15, -0.1) is 0 Å². The van der Waals surface area contributed by atoms with E-state index in [-0.39, 0.29) is 25.7 Å². The minimum atomic E-state index is -4.96. The zero-order valence-electron chi connectivity index (χ0n) is 61.4. The van der Waals surface area contributed by atoms with Gasteiger partial charge in [0.2, 0.25) is 0 Å². The summed E-state index contributed by atoms with van der Waals surface area (Å²) in [5.74, 6) is 0.196. The van der Waals surface area contributed by atoms with Gasteiger partial charge in [-0.1, -0.05) is 331 Å². The molecule has 0 fully saturated rings. The lowest BCUT2D eigenvalue weighted by Gasteiger charge is -2.21. The van der Waals surface area contributed by atoms with Crippen LogP contribution in [0.5, 0.6) is 0 Å². The first-order chi connectivity index (χ1) is 45.2. The van der Waals surface area contributed by atoms with Gasteiger partial charge >= 0.3 is 39.5 Å². The van der Waals surface area contributed by atoms with Gasteiger partial charge in [-0.25, -0.2) is 9.13 Å². The molecule has 5 atom stereocenters. The predicted molar refractivity (Wildman–Crippen MR) is 381 cm³/mol. The van der Waals surface area contributed by atoms with Crippen LogP contribution in [0.25, 0.3) is 0 Å². The van der Waals surface area contributed by atoms with Gasteiger partial charge in [0.15, 0.2) is 12.2 Å². The van der Waals surface area contributed by atoms with Crippen LogP contribution in [0, 0.1) is 17.8 Å². The summed E-state index contributed by atoms with van der Waals surface area (Å²) in [6, 6.07) is 0. The molecule has 3 N–H and O–H groups in total. The quantitative estimate of drug-likeness (QED) is 0.0222. The third-order valence-corrected chi connectivity index (χ3v) is 19.3. The minimum Gasteiger partial charge on any atom is -0.462 e. The summed E-state index contributed by atoms with van der Waals surface area (Å²) in [5.41, 5.74) is 0. The Balaban J connectivity index is 5.20. The van der Waals surface area contributed by atoms with Crippen LogP contribution >= 0.6 is 15.6 Å². The van der Waals surface area contributed by atoms with E-state index in [1.165, 1.54) is 186 Å². The average Bonchev–Trinajstić information content (AvgIpc) is 3.10. The van der Waals surface area contributed by atoms with Crippen molar-refractivity contribution < 1.29 is 80.2 Å². The number of ether oxygens (including phenoxy) is 4. The molecule has 0 amide bonds. The summed E-state index contributed by atoms with van der Waals surface area (Å²) in [6.07, 6.45) is 51.5. The van der Waals surface area contributed by atoms with Crippen molar-refractivity contribution in [3.63, 3.8) is 0 Å². The molecule has 0 saturated heterocycles. The van der Waals surface area contributed by atoms with Crippen LogP contribution in [-0.2, 0) is 65.4 Å². The molecule has 0 aromatic heterocycles. The normalized spacial score (nSPS) is 14.1. The molecule has 0 aromatic carbocycles. The third kappa shape index (κ3) is 68.6. The summed E-state index contributed by atoms with van der Waals surface area (Å²) < 4.78 is 68.4. The number of aliphatic hydroxyl groups is 1. The second kappa shape index (κ2) is 65.7. The molecule has 0 aromatic rings. The lowest BCUT2D eigenvalue weighted by Crippen LogP contribution is -2.30. The van der Waals surface area contributed by atoms with E-state index in [1.807, 2.05) is 0 Å². The molecule has 2 unspecified atom stereocenters. The highest BCUT2D eigenvalue weighted by Gasteiger charge is 2.30. The highest BCUT2D eigenvalue weighted by molar-refractivity contribution is 7.47. The van der Waals surface area contributed by atoms with E-state index in [9.17, 15) is 43.2 Å². The van der Waals surface area contributed by atoms with E-state index < -0.39 is 97.5 Å². The number of rotatable bonds is 73. The molecular formula is C75H146O17P2. The van der Waals surface area contributed by atoms with Gasteiger partial charge in [-0.3, -0.25) is 37.3 Å². The maximum Gasteiger partial charge on any atom is 0.472 e. The SMILES string of the molecule is CCCCCCCCCCC(=O)OC[C@H](COP(=O)(O)OC[C@H](O)COP(=O)(O)OC[C@@H](COC(=O)CCCCCCCCCCCCCCCC(C)C)OC(=O)CCCCCCCCCCCCCCCCCCC(C)C)OC(=O)CCCCCCCCCCC(C)C. The highest BCUT2D eigenvalue weighted by atomic mass is 31.2. The molecule has 0 aliphatic heterocycles. The van der Waals surface area contributed by atoms with Gasteiger partial charge in [0.05, 0.1) is 26.4 Å². The molecule has 0 bridgehead atoms. The number of unbranched alkanes of at least 4 members (excludes halogenated alkanes) is 41. The molecule has 17 nitrogen and oxygen atoms in total. The number of phosphoric acid groups is 2. The summed E-state index contributed by atoms with van der Waals surface area (Å²) >= 11 is 0. The topological polar surface area (TPSA) is 237 Å². The van der Waals surface area contributed by atoms with Crippen LogP contribution in [0.15, 0.2) is 0 Å². The average molecular weight is 1380 g/mol. The van der Waals surface area contributed by atoms with Crippen LogP contribution < -0.4 is 0 Å². The number of phosphoric ester groups is 2. The standard InChI is InChI=1S/C75H146O17P2/c1-8-9-10-11-12-35-42-49-56-72(77)85-62-70(92-75(80)59-52-45-38-31-30-34-41-48-55-68(6)7)64-89-93(81,82)87-60-69(76)61-88-94(83,84)90-65-71(63-86-73(78)57-50-43-36-28-24-21-17-19-23-27-33-40-47-54-67(4)5)91-74(79)58-51-44-37-29-25-20-16-14-13-15-18-22-26-32-39-46-53-66(2)3/h66-71,76H,8-65H2,1-7H3,(H,81,82)(H,83,84)/t69-,70+,71+/m0/s1. The third-order valence-electron chi connectivity index (χ3n) is 17.4. The molecule has 0 rings (SSSR count). The van der Waals surface area contributed by atoms with E-state index in [1.54, 1.807) is 0 Å². The van der Waals surface area contributed by atoms with E-state index in [2.05, 4.69) is 48.5 Å². The molecule has 0 spiro atoms. The molecule has 558 valence electrons. The van der Waals surface area contributed by atoms with Crippen molar-refractivity contribution in [2.75, 3.05) is 39.6 Å². The summed E-state index contributed by atoms with van der Waals surface area (Å²) in [6.45, 7) is 11.9. The number of hydrogen-bond donors (Lipinski definition) is 3. The molecule has 0 radical (unpaired) electrons. The van der Waals surface area contributed by atoms with Crippen molar-refractivity contribution in [2.45, 2.75) is 401 Å². The molecule has 0 aliphatic carbocycles. The molecule has 0 heterocycles. The van der Waals surface area contributed by atoms with Crippen LogP contribution in [0.4, 0.5) is 0 Å². The fraction of sp³-hybridized carbons (Fsp3) is 0.947. The van der Waals surface area contributed by atoms with Crippen molar-refractivity contribution in [1.29, 1.82) is 0 Å². The predicted octanol–water partition coefficient (Wildman–Crippen LogP) is 21.8. The largest absolute Gasteiger partial charge is 0.472 e. The maximum absolute atomic E-state index is 13.1. The number of carbonyl (C=O) groups is 4. The maximum atomic E-state index is 13.1. The molecule has 0 aliphatic rings. The number of hydrogen-bond acceptors (Lipinski definition) is 15. The Morgan fingerprint density at radius 1 is 0.287 bits per heavy atom. The van der Waals surface area contributed by atoms with Crippen LogP contribution in [0.2, 0.25) is 0 Å². The lowest BCUT2D eigenvalue weighted by atomic mass is 10.0. The van der Waals surface area contributed by atoms with Gasteiger partial charge in [-0.2, -0.15) is 0 Å². The zero-order valence-corrected chi connectivity index (χ0v) is 63.2. The Morgan fingerprint density at radius 2 is 0.489 bits per heavy atom. The van der Waals surface area contributed by atoms with Crippen LogP contribution in [-0.4, -0.2) is 96.7 Å². The first kappa shape index (κ1) is 92.1. The zero-order chi connectivity index (χ0) is 69.4. The Bertz CT molecular complexity index is 1840. The van der Waals surface area contributed by atoms with Gasteiger partial charge < -0.3 is 33.8 Å². The van der Waals surface area contributed by atoms with Crippen molar-refractivity contribution in [3.05, 3.63) is 0 Å². The summed E-state index contributed by atoms with van der Waals surface area (Å²) in [5, 5.41) is 10.6. The number of esters is 4. The Hall–Kier alpha value is -1.94. The first-order valence-electron chi connectivity index (χ1n) is 38.8. The van der Waals surface area contributed by atoms with Gasteiger partial charge in [0.1, 0.15) is 19.3 Å². The van der Waals surface area contributed by atoms with Crippen molar-refractivity contribution >= 4 is 39.5 Å². The molecule has 0 saturated carbocycles. The Morgan fingerprint density at radius 3 is 0.723 bits per heavy atom. The van der Waals surface area contributed by atoms with Crippen molar-refractivity contribution in [1.82, 2.24) is 0 Å². The van der Waals surface area contributed by atoms with E-state index in [4.69, 9.17) is 37.0 Å². The van der Waals surface area contributed by atoms with Gasteiger partial charge in [-0.05, 0) is 43.4 Å². The number of carbonyl (C=O) groups excluding carboxylic acids is 4. The Labute approximate surface area is 575 Å². The van der Waals surface area contributed by atoms with E-state index >= 15 is 0 Å². The highest BCUT2D eigenvalue weighted by Crippen LogP contribution is 2.45. The monoisotopic (exact) mass is 1380 g/mol. The van der Waals surface area contributed by atoms with Gasteiger partial charge in [0, 0.05) is 25.7 Å². The van der Waals surface area contributed by atoms with Gasteiger partial charge in [0.25, 0.3) is 0 Å². The van der Waals surface area contributed by atoms with Crippen LogP contribution in [0.1, 0.15) is 382 Å². The summed E-state index contributed by atoms with van der Waals surface area (Å²) in [4.78, 5) is 72.6. The summed E-state index contributed by atoms with van der Waals surface area (Å²) in [7, 11) is -9.91. The van der Waals surface area contributed by atoms with E-state index in [0.29, 0.717) is 25.7 Å².